The zero-order valence-corrected chi connectivity index (χ0v) is 14.4. The molecule has 0 aliphatic carbocycles. The van der Waals surface area contributed by atoms with Crippen molar-refractivity contribution in [3.8, 4) is 0 Å². The molecule has 0 saturated carbocycles. The Labute approximate surface area is 145 Å². The van der Waals surface area contributed by atoms with E-state index in [1.807, 2.05) is 0 Å². The van der Waals surface area contributed by atoms with Crippen LogP contribution in [0.1, 0.15) is 18.1 Å². The first-order valence-electron chi connectivity index (χ1n) is 7.52. The van der Waals surface area contributed by atoms with Crippen LogP contribution in [-0.4, -0.2) is 25.9 Å². The summed E-state index contributed by atoms with van der Waals surface area (Å²) in [5.74, 6) is -0.571. The fourth-order valence-electron chi connectivity index (χ4n) is 2.21. The maximum absolute atomic E-state index is 12.4. The van der Waals surface area contributed by atoms with Gasteiger partial charge in [-0.2, -0.15) is 0 Å². The minimum atomic E-state index is -3.61. The van der Waals surface area contributed by atoms with Crippen molar-refractivity contribution < 1.29 is 22.9 Å². The summed E-state index contributed by atoms with van der Waals surface area (Å²) in [6, 6.07) is 11.4. The predicted octanol–water partition coefficient (Wildman–Crippen LogP) is 2.67. The maximum atomic E-state index is 12.4. The lowest BCUT2D eigenvalue weighted by atomic mass is 10.1. The van der Waals surface area contributed by atoms with Gasteiger partial charge in [0, 0.05) is 12.1 Å². The molecule has 2 aromatic rings. The van der Waals surface area contributed by atoms with Gasteiger partial charge >= 0.3 is 5.97 Å². The summed E-state index contributed by atoms with van der Waals surface area (Å²) in [5, 5.41) is 10.6. The second-order valence-corrected chi connectivity index (χ2v) is 7.30. The number of benzene rings is 2. The number of carbonyl (C=O) groups is 1. The fraction of sp³-hybridized carbons (Fsp3) is 0.235. The molecule has 0 amide bonds. The van der Waals surface area contributed by atoms with Crippen LogP contribution in [0.2, 0.25) is 0 Å². The Balaban J connectivity index is 2.09. The molecule has 0 saturated heterocycles. The molecule has 2 rings (SSSR count). The number of non-ortho nitro benzene ring substituents is 1. The summed E-state index contributed by atoms with van der Waals surface area (Å²) >= 11 is 0. The molecule has 0 atom stereocenters. The highest BCUT2D eigenvalue weighted by Gasteiger charge is 2.17. The molecule has 8 heteroatoms. The second kappa shape index (κ2) is 7.89. The van der Waals surface area contributed by atoms with Crippen molar-refractivity contribution in [3.05, 3.63) is 69.8 Å². The summed E-state index contributed by atoms with van der Waals surface area (Å²) in [7, 11) is -3.61. The lowest BCUT2D eigenvalue weighted by Gasteiger charge is -2.06. The lowest BCUT2D eigenvalue weighted by molar-refractivity contribution is -0.384. The van der Waals surface area contributed by atoms with Crippen LogP contribution < -0.4 is 0 Å². The van der Waals surface area contributed by atoms with Crippen LogP contribution in [0, 0.1) is 10.1 Å². The number of nitrogens with zero attached hydrogens (tertiary/aromatic N) is 1. The van der Waals surface area contributed by atoms with Gasteiger partial charge in [-0.3, -0.25) is 14.9 Å². The van der Waals surface area contributed by atoms with Crippen LogP contribution >= 0.6 is 0 Å². The van der Waals surface area contributed by atoms with Gasteiger partial charge in [-0.05, 0) is 30.2 Å². The van der Waals surface area contributed by atoms with Crippen LogP contribution in [0.5, 0.6) is 0 Å². The number of nitro groups is 1. The minimum absolute atomic E-state index is 0.0219. The van der Waals surface area contributed by atoms with Crippen LogP contribution in [-0.2, 0) is 31.5 Å². The van der Waals surface area contributed by atoms with Crippen molar-refractivity contribution in [1.29, 1.82) is 0 Å². The Morgan fingerprint density at radius 2 is 1.60 bits per heavy atom. The largest absolute Gasteiger partial charge is 0.466 e. The zero-order chi connectivity index (χ0) is 18.4. The van der Waals surface area contributed by atoms with Crippen molar-refractivity contribution in [2.75, 3.05) is 6.61 Å². The van der Waals surface area contributed by atoms with E-state index in [9.17, 15) is 23.3 Å². The van der Waals surface area contributed by atoms with E-state index in [-0.39, 0.29) is 28.7 Å². The number of carbonyl (C=O) groups excluding carboxylic acids is 1. The van der Waals surface area contributed by atoms with E-state index < -0.39 is 14.8 Å². The smallest absolute Gasteiger partial charge is 0.310 e. The first kappa shape index (κ1) is 18.6. The van der Waals surface area contributed by atoms with E-state index in [0.29, 0.717) is 12.2 Å². The van der Waals surface area contributed by atoms with Crippen molar-refractivity contribution in [2.24, 2.45) is 0 Å². The summed E-state index contributed by atoms with van der Waals surface area (Å²) in [4.78, 5) is 21.5. The van der Waals surface area contributed by atoms with Crippen LogP contribution in [0.15, 0.2) is 53.4 Å². The summed E-state index contributed by atoms with van der Waals surface area (Å²) in [6.45, 7) is 2.04. The third-order valence-corrected chi connectivity index (χ3v) is 5.14. The molecule has 0 aliphatic heterocycles. The number of sulfone groups is 1. The summed E-state index contributed by atoms with van der Waals surface area (Å²) in [5.41, 5.74) is 1.13. The molecule has 0 N–H and O–H groups in total. The van der Waals surface area contributed by atoms with Crippen molar-refractivity contribution in [1.82, 2.24) is 0 Å². The third kappa shape index (κ3) is 5.12. The molecular weight excluding hydrogens is 346 g/mol. The van der Waals surface area contributed by atoms with Gasteiger partial charge in [0.2, 0.25) is 0 Å². The minimum Gasteiger partial charge on any atom is -0.466 e. The molecule has 25 heavy (non-hydrogen) atoms. The Morgan fingerprint density at radius 3 is 2.12 bits per heavy atom. The highest BCUT2D eigenvalue weighted by molar-refractivity contribution is 7.90. The first-order chi connectivity index (χ1) is 11.8. The second-order valence-electron chi connectivity index (χ2n) is 5.31. The highest BCUT2D eigenvalue weighted by atomic mass is 32.2. The maximum Gasteiger partial charge on any atom is 0.310 e. The van der Waals surface area contributed by atoms with Gasteiger partial charge in [-0.1, -0.05) is 24.3 Å². The summed E-state index contributed by atoms with van der Waals surface area (Å²) < 4.78 is 29.6. The van der Waals surface area contributed by atoms with E-state index in [0.717, 1.165) is 17.7 Å². The molecule has 0 spiro atoms. The predicted molar refractivity (Wildman–Crippen MR) is 90.8 cm³/mol. The van der Waals surface area contributed by atoms with Crippen LogP contribution in [0.4, 0.5) is 5.69 Å². The molecule has 0 bridgehead atoms. The van der Waals surface area contributed by atoms with Crippen LogP contribution in [0.25, 0.3) is 0 Å². The quantitative estimate of drug-likeness (QED) is 0.425. The Morgan fingerprint density at radius 1 is 1.04 bits per heavy atom. The topological polar surface area (TPSA) is 104 Å². The number of hydrogen-bond donors (Lipinski definition) is 0. The third-order valence-electron chi connectivity index (χ3n) is 3.44. The van der Waals surface area contributed by atoms with Crippen molar-refractivity contribution in [2.45, 2.75) is 24.0 Å². The molecular formula is C17H17NO6S. The van der Waals surface area contributed by atoms with Crippen molar-refractivity contribution in [3.63, 3.8) is 0 Å². The van der Waals surface area contributed by atoms with Gasteiger partial charge in [0.15, 0.2) is 9.84 Å². The molecule has 0 aliphatic rings. The molecule has 0 unspecified atom stereocenters. The number of hydrogen-bond acceptors (Lipinski definition) is 6. The SMILES string of the molecule is CCOC(=O)Cc1ccc(CS(=O)(=O)c2ccc([N+](=O)[O-])cc2)cc1. The van der Waals surface area contributed by atoms with E-state index in [1.165, 1.54) is 12.1 Å². The normalized spacial score (nSPS) is 11.1. The molecule has 0 radical (unpaired) electrons. The molecule has 0 fully saturated rings. The van der Waals surface area contributed by atoms with Crippen molar-refractivity contribution >= 4 is 21.5 Å². The first-order valence-corrected chi connectivity index (χ1v) is 9.17. The standard InChI is InChI=1S/C17H17NO6S/c1-2-24-17(19)11-13-3-5-14(6-4-13)12-25(22,23)16-9-7-15(8-10-16)18(20)21/h3-10H,2,11-12H2,1H3. The van der Waals surface area contributed by atoms with Gasteiger partial charge in [-0.15, -0.1) is 0 Å². The molecule has 0 aromatic heterocycles. The molecule has 132 valence electrons. The number of ether oxygens (including phenoxy) is 1. The van der Waals surface area contributed by atoms with Crippen LogP contribution in [0.3, 0.4) is 0 Å². The number of esters is 1. The average molecular weight is 363 g/mol. The zero-order valence-electron chi connectivity index (χ0n) is 13.5. The Kier molecular flexibility index (Phi) is 5.87. The number of rotatable bonds is 7. The monoisotopic (exact) mass is 363 g/mol. The molecule has 2 aromatic carbocycles. The Bertz CT molecular complexity index is 857. The molecule has 7 nitrogen and oxygen atoms in total. The van der Waals surface area contributed by atoms with Gasteiger partial charge < -0.3 is 4.74 Å². The van der Waals surface area contributed by atoms with E-state index in [1.54, 1.807) is 31.2 Å². The van der Waals surface area contributed by atoms with E-state index in [4.69, 9.17) is 4.74 Å². The highest BCUT2D eigenvalue weighted by Crippen LogP contribution is 2.20. The van der Waals surface area contributed by atoms with Gasteiger partial charge in [0.1, 0.15) is 0 Å². The van der Waals surface area contributed by atoms with E-state index in [2.05, 4.69) is 0 Å². The van der Waals surface area contributed by atoms with Gasteiger partial charge in [0.25, 0.3) is 5.69 Å². The lowest BCUT2D eigenvalue weighted by Crippen LogP contribution is -2.08. The fourth-order valence-corrected chi connectivity index (χ4v) is 3.56. The van der Waals surface area contributed by atoms with E-state index >= 15 is 0 Å². The summed E-state index contributed by atoms with van der Waals surface area (Å²) in [6.07, 6.45) is 0.128. The van der Waals surface area contributed by atoms with Gasteiger partial charge in [-0.25, -0.2) is 8.42 Å². The van der Waals surface area contributed by atoms with Gasteiger partial charge in [0.05, 0.1) is 28.6 Å². The molecule has 0 heterocycles. The Hall–Kier alpha value is -2.74. The average Bonchev–Trinajstić information content (AvgIpc) is 2.57. The number of nitro benzene ring substituents is 1.